The number of fused-ring (bicyclic) bond motifs is 1. The summed E-state index contributed by atoms with van der Waals surface area (Å²) >= 11 is 0. The molecular formula is C21H27NO2. The lowest BCUT2D eigenvalue weighted by atomic mass is 9.80. The number of furan rings is 1. The second-order valence-corrected chi connectivity index (χ2v) is 8.51. The third-order valence-electron chi connectivity index (χ3n) is 4.38. The maximum absolute atomic E-state index is 6.13. The van der Waals surface area contributed by atoms with Gasteiger partial charge in [-0.15, -0.1) is 0 Å². The van der Waals surface area contributed by atoms with Crippen molar-refractivity contribution in [3.8, 4) is 11.7 Å². The van der Waals surface area contributed by atoms with E-state index in [1.165, 1.54) is 11.1 Å². The number of hydrogen-bond acceptors (Lipinski definition) is 3. The zero-order valence-electron chi connectivity index (χ0n) is 15.8. The van der Waals surface area contributed by atoms with E-state index in [2.05, 4.69) is 60.6 Å². The molecule has 0 N–H and O–H groups in total. The van der Waals surface area contributed by atoms with Crippen LogP contribution in [0.1, 0.15) is 65.4 Å². The van der Waals surface area contributed by atoms with E-state index in [1.807, 2.05) is 12.1 Å². The Hall–Kier alpha value is -2.03. The Morgan fingerprint density at radius 2 is 1.62 bits per heavy atom. The third-order valence-corrected chi connectivity index (χ3v) is 4.38. The number of hydrogen-bond donors (Lipinski definition) is 0. The molecule has 3 aromatic rings. The first kappa shape index (κ1) is 16.8. The van der Waals surface area contributed by atoms with E-state index in [4.69, 9.17) is 13.8 Å². The topological polar surface area (TPSA) is 39.2 Å². The average molecular weight is 325 g/mol. The van der Waals surface area contributed by atoms with Crippen molar-refractivity contribution in [1.29, 1.82) is 0 Å². The molecule has 0 atom stereocenters. The first-order valence-electron chi connectivity index (χ1n) is 8.64. The fraction of sp³-hybridized carbons (Fsp3) is 0.476. The van der Waals surface area contributed by atoms with E-state index in [0.717, 1.165) is 23.3 Å². The Morgan fingerprint density at radius 3 is 2.17 bits per heavy atom. The molecule has 2 aromatic heterocycles. The van der Waals surface area contributed by atoms with E-state index < -0.39 is 0 Å². The van der Waals surface area contributed by atoms with Crippen LogP contribution >= 0.6 is 0 Å². The fourth-order valence-electron chi connectivity index (χ4n) is 2.81. The molecule has 3 heteroatoms. The van der Waals surface area contributed by atoms with Gasteiger partial charge in [-0.1, -0.05) is 54.5 Å². The number of rotatable bonds is 2. The van der Waals surface area contributed by atoms with Crippen molar-refractivity contribution in [3.05, 3.63) is 41.2 Å². The molecular weight excluding hydrogens is 298 g/mol. The molecule has 0 unspecified atom stereocenters. The highest BCUT2D eigenvalue weighted by Crippen LogP contribution is 2.37. The van der Waals surface area contributed by atoms with E-state index in [0.29, 0.717) is 11.7 Å². The van der Waals surface area contributed by atoms with Gasteiger partial charge in [-0.3, -0.25) is 0 Å². The van der Waals surface area contributed by atoms with Gasteiger partial charge < -0.3 is 8.83 Å². The summed E-state index contributed by atoms with van der Waals surface area (Å²) in [6.45, 7) is 15.4. The molecule has 0 amide bonds. The second-order valence-electron chi connectivity index (χ2n) is 8.51. The van der Waals surface area contributed by atoms with Crippen molar-refractivity contribution in [2.24, 2.45) is 0 Å². The van der Waals surface area contributed by atoms with Crippen molar-refractivity contribution in [2.75, 3.05) is 0 Å². The maximum Gasteiger partial charge on any atom is 0.263 e. The molecule has 0 bridgehead atoms. The van der Waals surface area contributed by atoms with Gasteiger partial charge in [0, 0.05) is 12.0 Å². The van der Waals surface area contributed by atoms with Crippen LogP contribution in [0.2, 0.25) is 0 Å². The summed E-state index contributed by atoms with van der Waals surface area (Å²) in [6, 6.07) is 8.32. The standard InChI is InChI=1S/C21H27NO2/c1-8-14-9-10-17(23-14)19-22-16-12-13(20(2,3)4)11-15(18(16)24-19)21(5,6)7/h9-12H,8H2,1-7H3. The molecule has 0 saturated carbocycles. The summed E-state index contributed by atoms with van der Waals surface area (Å²) in [6.07, 6.45) is 0.863. The van der Waals surface area contributed by atoms with Gasteiger partial charge in [0.25, 0.3) is 5.89 Å². The van der Waals surface area contributed by atoms with Crippen LogP contribution in [-0.2, 0) is 17.3 Å². The Kier molecular flexibility index (Phi) is 3.86. The van der Waals surface area contributed by atoms with Gasteiger partial charge in [0.15, 0.2) is 11.3 Å². The van der Waals surface area contributed by atoms with E-state index in [-0.39, 0.29) is 10.8 Å². The molecule has 0 spiro atoms. The minimum absolute atomic E-state index is 0.0198. The quantitative estimate of drug-likeness (QED) is 0.559. The molecule has 0 saturated heterocycles. The summed E-state index contributed by atoms with van der Waals surface area (Å²) in [5.41, 5.74) is 4.26. The Balaban J connectivity index is 2.23. The lowest BCUT2D eigenvalue weighted by Crippen LogP contribution is -2.16. The van der Waals surface area contributed by atoms with Crippen LogP contribution in [0, 0.1) is 0 Å². The Bertz CT molecular complexity index is 869. The molecule has 0 aliphatic rings. The fourth-order valence-corrected chi connectivity index (χ4v) is 2.81. The minimum atomic E-state index is -0.0198. The van der Waals surface area contributed by atoms with Crippen LogP contribution in [0.4, 0.5) is 0 Å². The van der Waals surface area contributed by atoms with Gasteiger partial charge in [-0.25, -0.2) is 4.98 Å². The van der Waals surface area contributed by atoms with Crippen molar-refractivity contribution >= 4 is 11.1 Å². The molecule has 2 heterocycles. The highest BCUT2D eigenvalue weighted by atomic mass is 16.4. The first-order chi connectivity index (χ1) is 11.1. The summed E-state index contributed by atoms with van der Waals surface area (Å²) < 4.78 is 11.9. The largest absolute Gasteiger partial charge is 0.456 e. The van der Waals surface area contributed by atoms with Gasteiger partial charge in [-0.05, 0) is 34.6 Å². The summed E-state index contributed by atoms with van der Waals surface area (Å²) in [7, 11) is 0. The number of nitrogens with zero attached hydrogens (tertiary/aromatic N) is 1. The van der Waals surface area contributed by atoms with Crippen LogP contribution in [-0.4, -0.2) is 4.98 Å². The van der Waals surface area contributed by atoms with Crippen molar-refractivity contribution < 1.29 is 8.83 Å². The van der Waals surface area contributed by atoms with E-state index in [9.17, 15) is 0 Å². The molecule has 1 aromatic carbocycles. The zero-order chi connectivity index (χ0) is 17.7. The first-order valence-corrected chi connectivity index (χ1v) is 8.64. The van der Waals surface area contributed by atoms with Gasteiger partial charge in [0.1, 0.15) is 11.3 Å². The number of aryl methyl sites for hydroxylation is 1. The maximum atomic E-state index is 6.13. The van der Waals surface area contributed by atoms with Gasteiger partial charge in [-0.2, -0.15) is 0 Å². The van der Waals surface area contributed by atoms with Gasteiger partial charge in [0.2, 0.25) is 0 Å². The van der Waals surface area contributed by atoms with Crippen molar-refractivity contribution in [3.63, 3.8) is 0 Å². The third kappa shape index (κ3) is 3.00. The molecule has 3 nitrogen and oxygen atoms in total. The number of benzene rings is 1. The Labute approximate surface area is 144 Å². The lowest BCUT2D eigenvalue weighted by molar-refractivity contribution is 0.496. The van der Waals surface area contributed by atoms with Gasteiger partial charge >= 0.3 is 0 Å². The van der Waals surface area contributed by atoms with Crippen LogP contribution in [0.3, 0.4) is 0 Å². The molecule has 0 radical (unpaired) electrons. The highest BCUT2D eigenvalue weighted by molar-refractivity contribution is 5.81. The van der Waals surface area contributed by atoms with Crippen LogP contribution < -0.4 is 0 Å². The minimum Gasteiger partial charge on any atom is -0.456 e. The monoisotopic (exact) mass is 325 g/mol. The SMILES string of the molecule is CCc1ccc(-c2nc3cc(C(C)(C)C)cc(C(C)(C)C)c3o2)o1. The molecule has 0 aliphatic carbocycles. The average Bonchev–Trinajstić information content (AvgIpc) is 3.10. The van der Waals surface area contributed by atoms with E-state index in [1.54, 1.807) is 0 Å². The normalized spacial score (nSPS) is 13.0. The van der Waals surface area contributed by atoms with Gasteiger partial charge in [0.05, 0.1) is 0 Å². The molecule has 24 heavy (non-hydrogen) atoms. The smallest absolute Gasteiger partial charge is 0.263 e. The van der Waals surface area contributed by atoms with Crippen LogP contribution in [0.5, 0.6) is 0 Å². The summed E-state index contributed by atoms with van der Waals surface area (Å²) in [5.74, 6) is 2.19. The lowest BCUT2D eigenvalue weighted by Gasteiger charge is -2.24. The molecule has 0 fully saturated rings. The number of oxazole rings is 1. The number of aromatic nitrogens is 1. The zero-order valence-corrected chi connectivity index (χ0v) is 15.8. The van der Waals surface area contributed by atoms with Crippen LogP contribution in [0.15, 0.2) is 33.1 Å². The summed E-state index contributed by atoms with van der Waals surface area (Å²) in [5, 5.41) is 0. The van der Waals surface area contributed by atoms with Crippen molar-refractivity contribution in [2.45, 2.75) is 65.7 Å². The molecule has 128 valence electrons. The Morgan fingerprint density at radius 1 is 0.917 bits per heavy atom. The predicted octanol–water partition coefficient (Wildman–Crippen LogP) is 6.25. The molecule has 3 rings (SSSR count). The molecule has 0 aliphatic heterocycles. The van der Waals surface area contributed by atoms with E-state index >= 15 is 0 Å². The highest BCUT2D eigenvalue weighted by Gasteiger charge is 2.26. The predicted molar refractivity (Wildman–Crippen MR) is 98.5 cm³/mol. The summed E-state index contributed by atoms with van der Waals surface area (Å²) in [4.78, 5) is 4.72. The van der Waals surface area contributed by atoms with Crippen molar-refractivity contribution in [1.82, 2.24) is 4.98 Å². The van der Waals surface area contributed by atoms with Crippen LogP contribution in [0.25, 0.3) is 22.8 Å². The second kappa shape index (κ2) is 5.51.